The monoisotopic (exact) mass is 447 g/mol. The van der Waals surface area contributed by atoms with E-state index in [2.05, 4.69) is 17.4 Å². The lowest BCUT2D eigenvalue weighted by Gasteiger charge is -2.19. The highest BCUT2D eigenvalue weighted by Gasteiger charge is 2.14. The molecule has 0 atom stereocenters. The molecule has 0 radical (unpaired) electrons. The molecule has 0 spiro atoms. The second-order valence-electron chi connectivity index (χ2n) is 7.51. The predicted molar refractivity (Wildman–Crippen MR) is 124 cm³/mol. The molecule has 1 aliphatic rings. The molecule has 32 heavy (non-hydrogen) atoms. The first-order chi connectivity index (χ1) is 15.6. The number of fused-ring (bicyclic) bond motifs is 2. The predicted octanol–water partition coefficient (Wildman–Crippen LogP) is 4.79. The Bertz CT molecular complexity index is 1300. The van der Waals surface area contributed by atoms with Gasteiger partial charge in [0.05, 0.1) is 10.9 Å². The molecule has 8 heteroatoms. The van der Waals surface area contributed by atoms with E-state index in [9.17, 15) is 4.79 Å². The number of carbonyl (C=O) groups is 1. The lowest BCUT2D eigenvalue weighted by Crippen LogP contribution is -2.15. The van der Waals surface area contributed by atoms with E-state index in [0.29, 0.717) is 25.6 Å². The number of carboxylic acid groups (broad SMARTS) is 1. The molecule has 0 unspecified atom stereocenters. The lowest BCUT2D eigenvalue weighted by atomic mass is 10.1. The number of aromatic carboxylic acids is 1. The van der Waals surface area contributed by atoms with Gasteiger partial charge in [-0.1, -0.05) is 18.2 Å². The fourth-order valence-electron chi connectivity index (χ4n) is 3.64. The summed E-state index contributed by atoms with van der Waals surface area (Å²) >= 11 is 1.61. The molecule has 4 aromatic rings. The van der Waals surface area contributed by atoms with Crippen LogP contribution in [0.15, 0.2) is 48.5 Å². The van der Waals surface area contributed by atoms with Gasteiger partial charge in [-0.25, -0.2) is 14.8 Å². The number of nitrogens with zero attached hydrogens (tertiary/aromatic N) is 2. The summed E-state index contributed by atoms with van der Waals surface area (Å²) in [7, 11) is 0. The lowest BCUT2D eigenvalue weighted by molar-refractivity contribution is 0.0697. The normalized spacial score (nSPS) is 12.7. The Balaban J connectivity index is 1.38. The van der Waals surface area contributed by atoms with E-state index < -0.39 is 5.97 Å². The van der Waals surface area contributed by atoms with Crippen LogP contribution in [0.1, 0.15) is 20.8 Å². The molecule has 2 aromatic carbocycles. The SMILES string of the molecule is Cc1cc2c(NCCc3ccc4c(c3)OCCO4)nc(-c3ccc(C(=O)O)cc3)nc2s1. The molecule has 2 N–H and O–H groups in total. The Kier molecular flexibility index (Phi) is 5.36. The van der Waals surface area contributed by atoms with Gasteiger partial charge in [-0.3, -0.25) is 0 Å². The van der Waals surface area contributed by atoms with Crippen LogP contribution >= 0.6 is 11.3 Å². The molecule has 0 aliphatic carbocycles. The first kappa shape index (κ1) is 20.3. The van der Waals surface area contributed by atoms with E-state index in [1.165, 1.54) is 0 Å². The average Bonchev–Trinajstić information content (AvgIpc) is 3.19. The standard InChI is InChI=1S/C24H21N3O4S/c1-14-12-18-22(25-9-8-15-2-7-19-20(13-15)31-11-10-30-19)26-21(27-23(18)32-14)16-3-5-17(6-4-16)24(28)29/h2-7,12-13H,8-11H2,1H3,(H,28,29)(H,25,26,27). The zero-order valence-corrected chi connectivity index (χ0v) is 18.2. The van der Waals surface area contributed by atoms with Crippen molar-refractivity contribution in [3.63, 3.8) is 0 Å². The van der Waals surface area contributed by atoms with Crippen molar-refractivity contribution in [2.45, 2.75) is 13.3 Å². The van der Waals surface area contributed by atoms with Gasteiger partial charge in [0, 0.05) is 17.0 Å². The molecule has 162 valence electrons. The number of carboxylic acids is 1. The third kappa shape index (κ3) is 4.09. The maximum absolute atomic E-state index is 11.1. The third-order valence-corrected chi connectivity index (χ3v) is 6.16. The van der Waals surface area contributed by atoms with Crippen LogP contribution < -0.4 is 14.8 Å². The van der Waals surface area contributed by atoms with E-state index in [-0.39, 0.29) is 5.56 Å². The number of aromatic nitrogens is 2. The van der Waals surface area contributed by atoms with E-state index in [1.807, 2.05) is 19.1 Å². The van der Waals surface area contributed by atoms with E-state index in [1.54, 1.807) is 35.6 Å². The zero-order chi connectivity index (χ0) is 22.1. The Morgan fingerprint density at radius 2 is 1.84 bits per heavy atom. The summed E-state index contributed by atoms with van der Waals surface area (Å²) in [5.41, 5.74) is 2.16. The summed E-state index contributed by atoms with van der Waals surface area (Å²) in [6, 6.07) is 14.7. The summed E-state index contributed by atoms with van der Waals surface area (Å²) in [6.45, 7) is 3.89. The van der Waals surface area contributed by atoms with Gasteiger partial charge in [-0.15, -0.1) is 11.3 Å². The summed E-state index contributed by atoms with van der Waals surface area (Å²) in [5, 5.41) is 13.6. The van der Waals surface area contributed by atoms with Crippen LogP contribution in [0, 0.1) is 6.92 Å². The number of hydrogen-bond acceptors (Lipinski definition) is 7. The largest absolute Gasteiger partial charge is 0.486 e. The molecule has 0 bridgehead atoms. The van der Waals surface area contributed by atoms with Crippen LogP contribution in [0.4, 0.5) is 5.82 Å². The number of nitrogens with one attached hydrogen (secondary N) is 1. The number of rotatable bonds is 6. The van der Waals surface area contributed by atoms with Crippen LogP contribution in [0.25, 0.3) is 21.6 Å². The highest BCUT2D eigenvalue weighted by Crippen LogP contribution is 2.32. The van der Waals surface area contributed by atoms with Gasteiger partial charge in [0.25, 0.3) is 0 Å². The van der Waals surface area contributed by atoms with Gasteiger partial charge in [0.2, 0.25) is 0 Å². The first-order valence-corrected chi connectivity index (χ1v) is 11.1. The van der Waals surface area contributed by atoms with Crippen molar-refractivity contribution in [1.29, 1.82) is 0 Å². The Morgan fingerprint density at radius 1 is 1.06 bits per heavy atom. The second-order valence-corrected chi connectivity index (χ2v) is 8.74. The highest BCUT2D eigenvalue weighted by molar-refractivity contribution is 7.18. The van der Waals surface area contributed by atoms with Gasteiger partial charge >= 0.3 is 5.97 Å². The minimum absolute atomic E-state index is 0.236. The quantitative estimate of drug-likeness (QED) is 0.439. The highest BCUT2D eigenvalue weighted by atomic mass is 32.1. The Hall–Kier alpha value is -3.65. The molecule has 0 fully saturated rings. The van der Waals surface area contributed by atoms with Gasteiger partial charge in [-0.05, 0) is 49.2 Å². The van der Waals surface area contributed by atoms with Gasteiger partial charge < -0.3 is 19.9 Å². The molecule has 2 aromatic heterocycles. The molecule has 5 rings (SSSR count). The second kappa shape index (κ2) is 8.47. The minimum Gasteiger partial charge on any atom is -0.486 e. The van der Waals surface area contributed by atoms with Gasteiger partial charge in [0.15, 0.2) is 17.3 Å². The number of thiophene rings is 1. The number of ether oxygens (including phenoxy) is 2. The fourth-order valence-corrected chi connectivity index (χ4v) is 4.52. The molecular weight excluding hydrogens is 426 g/mol. The average molecular weight is 448 g/mol. The van der Waals surface area contributed by atoms with Crippen LogP contribution in [0.2, 0.25) is 0 Å². The summed E-state index contributed by atoms with van der Waals surface area (Å²) < 4.78 is 11.3. The van der Waals surface area contributed by atoms with Crippen LogP contribution in [-0.4, -0.2) is 40.8 Å². The maximum Gasteiger partial charge on any atom is 0.335 e. The molecule has 3 heterocycles. The van der Waals surface area contributed by atoms with E-state index in [4.69, 9.17) is 24.5 Å². The van der Waals surface area contributed by atoms with E-state index in [0.717, 1.165) is 50.0 Å². The summed E-state index contributed by atoms with van der Waals surface area (Å²) in [4.78, 5) is 22.7. The van der Waals surface area contributed by atoms with Crippen molar-refractivity contribution < 1.29 is 19.4 Å². The van der Waals surface area contributed by atoms with Crippen molar-refractivity contribution in [3.05, 3.63) is 64.5 Å². The third-order valence-electron chi connectivity index (χ3n) is 5.22. The van der Waals surface area contributed by atoms with Crippen LogP contribution in [0.5, 0.6) is 11.5 Å². The van der Waals surface area contributed by atoms with Gasteiger partial charge in [-0.2, -0.15) is 0 Å². The first-order valence-electron chi connectivity index (χ1n) is 10.3. The van der Waals surface area contributed by atoms with Gasteiger partial charge in [0.1, 0.15) is 23.9 Å². The summed E-state index contributed by atoms with van der Waals surface area (Å²) in [6.07, 6.45) is 0.800. The summed E-state index contributed by atoms with van der Waals surface area (Å²) in [5.74, 6) is 1.96. The maximum atomic E-state index is 11.1. The number of benzene rings is 2. The van der Waals surface area contributed by atoms with Crippen molar-refractivity contribution in [2.24, 2.45) is 0 Å². The molecule has 0 amide bonds. The van der Waals surface area contributed by atoms with Crippen molar-refractivity contribution in [2.75, 3.05) is 25.1 Å². The molecular formula is C24H21N3O4S. The number of anilines is 1. The molecule has 7 nitrogen and oxygen atoms in total. The Labute approximate surface area is 188 Å². The number of hydrogen-bond donors (Lipinski definition) is 2. The van der Waals surface area contributed by atoms with E-state index >= 15 is 0 Å². The minimum atomic E-state index is -0.955. The van der Waals surface area contributed by atoms with Crippen LogP contribution in [-0.2, 0) is 6.42 Å². The smallest absolute Gasteiger partial charge is 0.335 e. The van der Waals surface area contributed by atoms with Crippen molar-refractivity contribution in [3.8, 4) is 22.9 Å². The molecule has 0 saturated heterocycles. The topological polar surface area (TPSA) is 93.6 Å². The van der Waals surface area contributed by atoms with Crippen molar-refractivity contribution >= 4 is 33.3 Å². The Morgan fingerprint density at radius 3 is 2.62 bits per heavy atom. The fraction of sp³-hybridized carbons (Fsp3) is 0.208. The number of aryl methyl sites for hydroxylation is 1. The molecule has 0 saturated carbocycles. The van der Waals surface area contributed by atoms with Crippen LogP contribution in [0.3, 0.4) is 0 Å². The molecule has 1 aliphatic heterocycles. The van der Waals surface area contributed by atoms with Crippen molar-refractivity contribution in [1.82, 2.24) is 9.97 Å². The zero-order valence-electron chi connectivity index (χ0n) is 17.4.